The first-order chi connectivity index (χ1) is 11.6. The minimum Gasteiger partial charge on any atom is -0.465 e. The first-order valence-electron chi connectivity index (χ1n) is 7.23. The van der Waals surface area contributed by atoms with Crippen LogP contribution < -0.4 is 0 Å². The highest BCUT2D eigenvalue weighted by Crippen LogP contribution is 2.35. The molecule has 0 bridgehead atoms. The van der Waals surface area contributed by atoms with E-state index in [1.807, 2.05) is 0 Å². The van der Waals surface area contributed by atoms with Crippen LogP contribution in [-0.4, -0.2) is 23.9 Å². The largest absolute Gasteiger partial charge is 0.465 e. The predicted molar refractivity (Wildman–Crippen MR) is 82.4 cm³/mol. The zero-order valence-corrected chi connectivity index (χ0v) is 12.8. The van der Waals surface area contributed by atoms with E-state index in [1.165, 1.54) is 24.1 Å². The minimum atomic E-state index is -0.830. The van der Waals surface area contributed by atoms with Crippen molar-refractivity contribution < 1.29 is 18.7 Å². The third-order valence-electron chi connectivity index (χ3n) is 3.98. The fourth-order valence-electron chi connectivity index (χ4n) is 2.79. The van der Waals surface area contributed by atoms with Crippen molar-refractivity contribution in [3.63, 3.8) is 0 Å². The summed E-state index contributed by atoms with van der Waals surface area (Å²) in [6.45, 7) is 0.145. The molecule has 2 aromatic rings. The third-order valence-corrected chi connectivity index (χ3v) is 3.98. The second-order valence-electron chi connectivity index (χ2n) is 5.36. The van der Waals surface area contributed by atoms with Gasteiger partial charge in [-0.05, 0) is 23.8 Å². The molecular weight excluding hydrogens is 311 g/mol. The van der Waals surface area contributed by atoms with E-state index < -0.39 is 23.7 Å². The summed E-state index contributed by atoms with van der Waals surface area (Å²) in [5.74, 6) is -1.59. The van der Waals surface area contributed by atoms with E-state index in [0.29, 0.717) is 11.1 Å². The van der Waals surface area contributed by atoms with Crippen LogP contribution in [0.15, 0.2) is 42.5 Å². The lowest BCUT2D eigenvalue weighted by atomic mass is 10.1. The number of hydrogen-bond acceptors (Lipinski definition) is 4. The normalized spacial score (nSPS) is 15.8. The average Bonchev–Trinajstić information content (AvgIpc) is 2.87. The molecule has 1 atom stereocenters. The number of esters is 1. The monoisotopic (exact) mass is 324 g/mol. The topological polar surface area (TPSA) is 70.4 Å². The van der Waals surface area contributed by atoms with Gasteiger partial charge in [0.25, 0.3) is 5.91 Å². The predicted octanol–water partition coefficient (Wildman–Crippen LogP) is 2.83. The molecule has 0 fully saturated rings. The molecule has 120 valence electrons. The highest BCUT2D eigenvalue weighted by atomic mass is 19.1. The molecule has 0 N–H and O–H groups in total. The average molecular weight is 324 g/mol. The Labute approximate surface area is 137 Å². The lowest BCUT2D eigenvalue weighted by molar-refractivity contribution is 0.0600. The van der Waals surface area contributed by atoms with E-state index in [4.69, 9.17) is 0 Å². The van der Waals surface area contributed by atoms with Gasteiger partial charge in [-0.25, -0.2) is 9.18 Å². The number of amides is 1. The summed E-state index contributed by atoms with van der Waals surface area (Å²) < 4.78 is 18.6. The summed E-state index contributed by atoms with van der Waals surface area (Å²) in [7, 11) is 1.29. The molecule has 1 heterocycles. The summed E-state index contributed by atoms with van der Waals surface area (Å²) in [6.07, 6.45) is 0. The Morgan fingerprint density at radius 1 is 1.29 bits per heavy atom. The van der Waals surface area contributed by atoms with Crippen LogP contribution in [0.25, 0.3) is 0 Å². The molecule has 0 aliphatic carbocycles. The summed E-state index contributed by atoms with van der Waals surface area (Å²) in [6, 6.07) is 12.0. The second kappa shape index (κ2) is 6.13. The lowest BCUT2D eigenvalue weighted by Gasteiger charge is -2.20. The van der Waals surface area contributed by atoms with Gasteiger partial charge in [0.05, 0.1) is 24.3 Å². The van der Waals surface area contributed by atoms with Crippen molar-refractivity contribution in [1.29, 1.82) is 5.26 Å². The smallest absolute Gasteiger partial charge is 0.337 e. The van der Waals surface area contributed by atoms with Gasteiger partial charge >= 0.3 is 5.97 Å². The molecule has 1 aliphatic rings. The third kappa shape index (κ3) is 2.50. The van der Waals surface area contributed by atoms with Crippen LogP contribution in [-0.2, 0) is 11.3 Å². The molecule has 0 aromatic heterocycles. The number of hydrogen-bond donors (Lipinski definition) is 0. The van der Waals surface area contributed by atoms with Crippen LogP contribution in [0.4, 0.5) is 4.39 Å². The van der Waals surface area contributed by atoms with Gasteiger partial charge in [0.1, 0.15) is 11.9 Å². The molecule has 1 amide bonds. The van der Waals surface area contributed by atoms with Gasteiger partial charge in [0.15, 0.2) is 0 Å². The Balaban J connectivity index is 1.88. The number of halogens is 1. The van der Waals surface area contributed by atoms with Gasteiger partial charge in [0.2, 0.25) is 0 Å². The zero-order valence-electron chi connectivity index (χ0n) is 12.8. The molecule has 3 rings (SSSR count). The van der Waals surface area contributed by atoms with Crippen LogP contribution in [0.2, 0.25) is 0 Å². The summed E-state index contributed by atoms with van der Waals surface area (Å²) in [4.78, 5) is 25.2. The zero-order chi connectivity index (χ0) is 17.3. The Morgan fingerprint density at radius 2 is 2.00 bits per heavy atom. The fourth-order valence-corrected chi connectivity index (χ4v) is 2.79. The van der Waals surface area contributed by atoms with Gasteiger partial charge < -0.3 is 9.64 Å². The number of nitriles is 1. The highest BCUT2D eigenvalue weighted by Gasteiger charge is 2.38. The van der Waals surface area contributed by atoms with Crippen LogP contribution >= 0.6 is 0 Å². The summed E-state index contributed by atoms with van der Waals surface area (Å²) in [5, 5.41) is 9.39. The molecule has 0 spiro atoms. The quantitative estimate of drug-likeness (QED) is 0.814. The number of carbonyl (C=O) groups is 2. The minimum absolute atomic E-state index is 0.0461. The molecular formula is C18H13FN2O3. The van der Waals surface area contributed by atoms with Crippen LogP contribution in [0.1, 0.15) is 37.9 Å². The van der Waals surface area contributed by atoms with E-state index >= 15 is 0 Å². The number of rotatable bonds is 3. The molecule has 24 heavy (non-hydrogen) atoms. The molecule has 5 nitrogen and oxygen atoms in total. The number of methoxy groups -OCH3 is 1. The van der Waals surface area contributed by atoms with Crippen molar-refractivity contribution in [2.75, 3.05) is 7.11 Å². The molecule has 0 saturated heterocycles. The SMILES string of the molecule is COC(=O)c1ccc(CN2C(=O)c3c(F)cccc3C2C#N)cc1. The Kier molecular flexibility index (Phi) is 4.00. The van der Waals surface area contributed by atoms with Gasteiger partial charge in [-0.2, -0.15) is 5.26 Å². The molecule has 1 unspecified atom stereocenters. The highest BCUT2D eigenvalue weighted by molar-refractivity contribution is 6.00. The van der Waals surface area contributed by atoms with Crippen molar-refractivity contribution in [3.05, 3.63) is 70.5 Å². The van der Waals surface area contributed by atoms with E-state index in [-0.39, 0.29) is 12.1 Å². The molecule has 1 aliphatic heterocycles. The van der Waals surface area contributed by atoms with Crippen molar-refractivity contribution >= 4 is 11.9 Å². The second-order valence-corrected chi connectivity index (χ2v) is 5.36. The van der Waals surface area contributed by atoms with Crippen LogP contribution in [0, 0.1) is 17.1 Å². The van der Waals surface area contributed by atoms with Gasteiger partial charge in [-0.15, -0.1) is 0 Å². The summed E-state index contributed by atoms with van der Waals surface area (Å²) >= 11 is 0. The summed E-state index contributed by atoms with van der Waals surface area (Å²) in [5.41, 5.74) is 1.45. The van der Waals surface area contributed by atoms with Crippen LogP contribution in [0.5, 0.6) is 0 Å². The van der Waals surface area contributed by atoms with Crippen molar-refractivity contribution in [2.45, 2.75) is 12.6 Å². The number of benzene rings is 2. The van der Waals surface area contributed by atoms with Crippen molar-refractivity contribution in [1.82, 2.24) is 4.90 Å². The Hall–Kier alpha value is -3.20. The van der Waals surface area contributed by atoms with E-state index in [0.717, 1.165) is 5.56 Å². The number of ether oxygens (including phenoxy) is 1. The number of nitrogens with zero attached hydrogens (tertiary/aromatic N) is 2. The maximum atomic E-state index is 13.9. The molecule has 0 saturated carbocycles. The standard InChI is InChI=1S/C18H13FN2O3/c1-24-18(23)12-7-5-11(6-8-12)10-21-15(9-20)13-3-2-4-14(19)16(13)17(21)22/h2-8,15H,10H2,1H3. The van der Waals surface area contributed by atoms with E-state index in [2.05, 4.69) is 10.8 Å². The first kappa shape index (κ1) is 15.7. The van der Waals surface area contributed by atoms with Gasteiger partial charge in [-0.1, -0.05) is 24.3 Å². The fraction of sp³-hybridized carbons (Fsp3) is 0.167. The van der Waals surface area contributed by atoms with Gasteiger partial charge in [-0.3, -0.25) is 4.79 Å². The molecule has 6 heteroatoms. The lowest BCUT2D eigenvalue weighted by Crippen LogP contribution is -2.27. The van der Waals surface area contributed by atoms with E-state index in [1.54, 1.807) is 30.3 Å². The maximum absolute atomic E-state index is 13.9. The molecule has 2 aromatic carbocycles. The van der Waals surface area contributed by atoms with Crippen molar-refractivity contribution in [2.24, 2.45) is 0 Å². The van der Waals surface area contributed by atoms with Crippen LogP contribution in [0.3, 0.4) is 0 Å². The van der Waals surface area contributed by atoms with Gasteiger partial charge in [0, 0.05) is 12.1 Å². The molecule has 0 radical (unpaired) electrons. The number of carbonyl (C=O) groups excluding carboxylic acids is 2. The Bertz CT molecular complexity index is 856. The first-order valence-corrected chi connectivity index (χ1v) is 7.23. The number of fused-ring (bicyclic) bond motifs is 1. The maximum Gasteiger partial charge on any atom is 0.337 e. The Morgan fingerprint density at radius 3 is 2.62 bits per heavy atom. The van der Waals surface area contributed by atoms with E-state index in [9.17, 15) is 19.2 Å². The van der Waals surface area contributed by atoms with Crippen molar-refractivity contribution in [3.8, 4) is 6.07 Å².